The van der Waals surface area contributed by atoms with E-state index in [4.69, 9.17) is 4.74 Å². The summed E-state index contributed by atoms with van der Waals surface area (Å²) < 4.78 is 4.91. The number of urea groups is 1. The largest absolute Gasteiger partial charge is 0.452 e. The zero-order valence-electron chi connectivity index (χ0n) is 15.6. The summed E-state index contributed by atoms with van der Waals surface area (Å²) in [4.78, 5) is 48.5. The van der Waals surface area contributed by atoms with Crippen molar-refractivity contribution in [2.45, 2.75) is 33.2 Å². The van der Waals surface area contributed by atoms with Gasteiger partial charge in [-0.15, -0.1) is 0 Å². The number of hydrogen-bond donors (Lipinski definition) is 2. The molecular formula is C19H25N3O5. The second-order valence-electron chi connectivity index (χ2n) is 6.84. The smallest absolute Gasteiger partial charge is 0.338 e. The van der Waals surface area contributed by atoms with Gasteiger partial charge in [-0.1, -0.05) is 26.0 Å². The van der Waals surface area contributed by atoms with Gasteiger partial charge in [0.2, 0.25) is 5.91 Å². The Kier molecular flexibility index (Phi) is 7.34. The Morgan fingerprint density at radius 3 is 2.48 bits per heavy atom. The molecule has 2 rings (SSSR count). The van der Waals surface area contributed by atoms with Crippen LogP contribution in [0.25, 0.3) is 0 Å². The Morgan fingerprint density at radius 1 is 1.19 bits per heavy atom. The van der Waals surface area contributed by atoms with Gasteiger partial charge in [0.05, 0.1) is 5.56 Å². The average Bonchev–Trinajstić information content (AvgIpc) is 3.03. The molecule has 0 radical (unpaired) electrons. The van der Waals surface area contributed by atoms with Gasteiger partial charge in [0.25, 0.3) is 5.91 Å². The van der Waals surface area contributed by atoms with Gasteiger partial charge in [-0.3, -0.25) is 14.9 Å². The van der Waals surface area contributed by atoms with Crippen LogP contribution in [0.2, 0.25) is 0 Å². The SMILES string of the molecule is CC(C)CNC(=O)NC(=O)COC(=O)c1ccc(CN2CCCC2=O)cc1. The van der Waals surface area contributed by atoms with Gasteiger partial charge in [0.1, 0.15) is 0 Å². The number of nitrogens with one attached hydrogen (secondary N) is 2. The minimum Gasteiger partial charge on any atom is -0.452 e. The zero-order valence-corrected chi connectivity index (χ0v) is 15.6. The van der Waals surface area contributed by atoms with Gasteiger partial charge in [0, 0.05) is 26.1 Å². The fraction of sp³-hybridized carbons (Fsp3) is 0.474. The number of amides is 4. The maximum atomic E-state index is 12.0. The maximum Gasteiger partial charge on any atom is 0.338 e. The lowest BCUT2D eigenvalue weighted by atomic mass is 10.1. The van der Waals surface area contributed by atoms with Crippen LogP contribution in [0, 0.1) is 5.92 Å². The van der Waals surface area contributed by atoms with Crippen molar-refractivity contribution in [2.24, 2.45) is 5.92 Å². The fourth-order valence-corrected chi connectivity index (χ4v) is 2.56. The Balaban J connectivity index is 1.76. The van der Waals surface area contributed by atoms with E-state index in [0.29, 0.717) is 25.1 Å². The van der Waals surface area contributed by atoms with Crippen LogP contribution >= 0.6 is 0 Å². The van der Waals surface area contributed by atoms with Crippen molar-refractivity contribution in [3.63, 3.8) is 0 Å². The summed E-state index contributed by atoms with van der Waals surface area (Å²) in [6.45, 7) is 5.02. The highest BCUT2D eigenvalue weighted by atomic mass is 16.5. The molecule has 0 bridgehead atoms. The molecule has 1 heterocycles. The molecule has 1 aliphatic rings. The molecule has 1 aromatic carbocycles. The van der Waals surface area contributed by atoms with Gasteiger partial charge in [-0.25, -0.2) is 9.59 Å². The van der Waals surface area contributed by atoms with Crippen molar-refractivity contribution < 1.29 is 23.9 Å². The van der Waals surface area contributed by atoms with Gasteiger partial charge in [-0.2, -0.15) is 0 Å². The summed E-state index contributed by atoms with van der Waals surface area (Å²) in [5.74, 6) is -0.956. The Hall–Kier alpha value is -2.90. The van der Waals surface area contributed by atoms with E-state index in [1.165, 1.54) is 0 Å². The van der Waals surface area contributed by atoms with E-state index < -0.39 is 24.5 Å². The molecule has 8 nitrogen and oxygen atoms in total. The number of carbonyl (C=O) groups excluding carboxylic acids is 4. The number of nitrogens with zero attached hydrogens (tertiary/aromatic N) is 1. The summed E-state index contributed by atoms with van der Waals surface area (Å²) in [7, 11) is 0. The Morgan fingerprint density at radius 2 is 1.89 bits per heavy atom. The number of likely N-dealkylation sites (tertiary alicyclic amines) is 1. The third-order valence-electron chi connectivity index (χ3n) is 3.99. The quantitative estimate of drug-likeness (QED) is 0.702. The predicted octanol–water partition coefficient (Wildman–Crippen LogP) is 1.45. The summed E-state index contributed by atoms with van der Waals surface area (Å²) in [5.41, 5.74) is 1.21. The fourth-order valence-electron chi connectivity index (χ4n) is 2.56. The van der Waals surface area contributed by atoms with Crippen molar-refractivity contribution in [3.8, 4) is 0 Å². The number of carbonyl (C=O) groups is 4. The maximum absolute atomic E-state index is 12.0. The minimum atomic E-state index is -0.700. The van der Waals surface area contributed by atoms with Crippen LogP contribution in [0.3, 0.4) is 0 Å². The van der Waals surface area contributed by atoms with Crippen molar-refractivity contribution >= 4 is 23.8 Å². The first-order valence-corrected chi connectivity index (χ1v) is 8.96. The van der Waals surface area contributed by atoms with Crippen LogP contribution in [0.15, 0.2) is 24.3 Å². The molecule has 0 aliphatic carbocycles. The highest BCUT2D eigenvalue weighted by Crippen LogP contribution is 2.15. The average molecular weight is 375 g/mol. The molecule has 1 aliphatic heterocycles. The second-order valence-corrected chi connectivity index (χ2v) is 6.84. The topological polar surface area (TPSA) is 105 Å². The Bertz CT molecular complexity index is 700. The molecule has 0 aromatic heterocycles. The van der Waals surface area contributed by atoms with Gasteiger partial charge in [-0.05, 0) is 30.0 Å². The van der Waals surface area contributed by atoms with Crippen molar-refractivity contribution in [1.82, 2.24) is 15.5 Å². The molecule has 0 saturated carbocycles. The van der Waals surface area contributed by atoms with E-state index in [2.05, 4.69) is 10.6 Å². The molecule has 0 unspecified atom stereocenters. The first-order valence-electron chi connectivity index (χ1n) is 8.96. The third kappa shape index (κ3) is 6.73. The highest BCUT2D eigenvalue weighted by Gasteiger charge is 2.20. The lowest BCUT2D eigenvalue weighted by Gasteiger charge is -2.15. The molecule has 0 spiro atoms. The van der Waals surface area contributed by atoms with Crippen LogP contribution in [-0.2, 0) is 20.9 Å². The van der Waals surface area contributed by atoms with E-state index in [9.17, 15) is 19.2 Å². The second kappa shape index (κ2) is 9.70. The van der Waals surface area contributed by atoms with E-state index in [1.54, 1.807) is 29.2 Å². The zero-order chi connectivity index (χ0) is 19.8. The molecule has 1 saturated heterocycles. The van der Waals surface area contributed by atoms with Crippen molar-refractivity contribution in [3.05, 3.63) is 35.4 Å². The summed E-state index contributed by atoms with van der Waals surface area (Å²) >= 11 is 0. The Labute approximate surface area is 158 Å². The van der Waals surface area contributed by atoms with Crippen LogP contribution in [0.5, 0.6) is 0 Å². The van der Waals surface area contributed by atoms with E-state index in [-0.39, 0.29) is 11.8 Å². The highest BCUT2D eigenvalue weighted by molar-refractivity contribution is 5.97. The summed E-state index contributed by atoms with van der Waals surface area (Å²) in [6.07, 6.45) is 1.46. The number of hydrogen-bond acceptors (Lipinski definition) is 5. The lowest BCUT2D eigenvalue weighted by molar-refractivity contribution is -0.128. The monoisotopic (exact) mass is 375 g/mol. The molecular weight excluding hydrogens is 350 g/mol. The lowest BCUT2D eigenvalue weighted by Crippen LogP contribution is -2.42. The molecule has 1 fully saturated rings. The van der Waals surface area contributed by atoms with Crippen LogP contribution < -0.4 is 10.6 Å². The first-order chi connectivity index (χ1) is 12.8. The number of esters is 1. The van der Waals surface area contributed by atoms with Gasteiger partial charge in [0.15, 0.2) is 6.61 Å². The third-order valence-corrected chi connectivity index (χ3v) is 3.99. The molecule has 2 N–H and O–H groups in total. The number of rotatable bonds is 7. The van der Waals surface area contributed by atoms with Gasteiger partial charge >= 0.3 is 12.0 Å². The normalized spacial score (nSPS) is 13.6. The van der Waals surface area contributed by atoms with Crippen LogP contribution in [0.4, 0.5) is 4.79 Å². The number of imide groups is 1. The standard InChI is InChI=1S/C19H25N3O5/c1-13(2)10-20-19(26)21-16(23)12-27-18(25)15-7-5-14(6-8-15)11-22-9-3-4-17(22)24/h5-8,13H,3-4,9-12H2,1-2H3,(H2,20,21,23,26). The van der Waals surface area contributed by atoms with E-state index in [0.717, 1.165) is 18.5 Å². The molecule has 0 atom stereocenters. The van der Waals surface area contributed by atoms with E-state index in [1.807, 2.05) is 13.8 Å². The summed E-state index contributed by atoms with van der Waals surface area (Å²) in [5, 5.41) is 4.62. The molecule has 1 aromatic rings. The van der Waals surface area contributed by atoms with Crippen molar-refractivity contribution in [2.75, 3.05) is 19.7 Å². The van der Waals surface area contributed by atoms with Crippen LogP contribution in [-0.4, -0.2) is 48.4 Å². The minimum absolute atomic E-state index is 0.141. The predicted molar refractivity (Wildman–Crippen MR) is 97.8 cm³/mol. The molecule has 27 heavy (non-hydrogen) atoms. The first kappa shape index (κ1) is 20.4. The summed E-state index contributed by atoms with van der Waals surface area (Å²) in [6, 6.07) is 6.06. The van der Waals surface area contributed by atoms with Crippen LogP contribution in [0.1, 0.15) is 42.6 Å². The van der Waals surface area contributed by atoms with Crippen molar-refractivity contribution in [1.29, 1.82) is 0 Å². The number of benzene rings is 1. The van der Waals surface area contributed by atoms with Gasteiger partial charge < -0.3 is 15.0 Å². The van der Waals surface area contributed by atoms with E-state index >= 15 is 0 Å². The molecule has 4 amide bonds. The number of ether oxygens (including phenoxy) is 1. The molecule has 146 valence electrons. The molecule has 8 heteroatoms.